The van der Waals surface area contributed by atoms with Crippen LogP contribution in [0.25, 0.3) is 21.1 Å². The fourth-order valence-electron chi connectivity index (χ4n) is 4.43. The van der Waals surface area contributed by atoms with E-state index in [1.165, 1.54) is 23.4 Å². The minimum atomic E-state index is -0.259. The van der Waals surface area contributed by atoms with Crippen LogP contribution >= 0.6 is 27.3 Å². The minimum absolute atomic E-state index is 0.259. The second-order valence-corrected chi connectivity index (χ2v) is 10.1. The van der Waals surface area contributed by atoms with Crippen molar-refractivity contribution < 1.29 is 9.53 Å². The van der Waals surface area contributed by atoms with Crippen LogP contribution in [0.2, 0.25) is 0 Å². The Morgan fingerprint density at radius 2 is 1.94 bits per heavy atom. The fraction of sp³-hybridized carbons (Fsp3) is 0.200. The highest BCUT2D eigenvalue weighted by Crippen LogP contribution is 2.33. The number of carbonyl (C=O) groups excluding carboxylic acids is 1. The standard InChI is InChI=1S/C25H22BrN7O2S/c26-23-20-18(30-25(34)17-13-36-22-21(17)28-14-29-24(22)27)2-1-3-19(20)33(31-23)12-15-4-6-16(7-5-15)32-8-10-35-11-9-32/h1-7,13-14H,8-12H2,(H,30,34)(H2,27,28,29). The molecule has 3 N–H and O–H groups in total. The number of fused-ring (bicyclic) bond motifs is 2. The largest absolute Gasteiger partial charge is 0.382 e. The van der Waals surface area contributed by atoms with Gasteiger partial charge < -0.3 is 20.7 Å². The number of carbonyl (C=O) groups is 1. The van der Waals surface area contributed by atoms with Gasteiger partial charge in [-0.05, 0) is 45.8 Å². The molecule has 1 aliphatic rings. The van der Waals surface area contributed by atoms with Crippen LogP contribution in [0.1, 0.15) is 15.9 Å². The second kappa shape index (κ2) is 9.49. The molecule has 11 heteroatoms. The summed E-state index contributed by atoms with van der Waals surface area (Å²) in [5.41, 5.74) is 10.9. The van der Waals surface area contributed by atoms with Gasteiger partial charge >= 0.3 is 0 Å². The Bertz CT molecular complexity index is 1580. The Morgan fingerprint density at radius 1 is 1.14 bits per heavy atom. The molecule has 1 amide bonds. The molecule has 1 saturated heterocycles. The van der Waals surface area contributed by atoms with Gasteiger partial charge in [0.15, 0.2) is 0 Å². The number of ether oxygens (including phenoxy) is 1. The first-order chi connectivity index (χ1) is 17.6. The third kappa shape index (κ3) is 4.19. The lowest BCUT2D eigenvalue weighted by atomic mass is 10.1. The van der Waals surface area contributed by atoms with E-state index >= 15 is 0 Å². The summed E-state index contributed by atoms with van der Waals surface area (Å²) >= 11 is 4.95. The van der Waals surface area contributed by atoms with Gasteiger partial charge in [-0.1, -0.05) is 18.2 Å². The van der Waals surface area contributed by atoms with Crippen molar-refractivity contribution in [2.75, 3.05) is 42.3 Å². The summed E-state index contributed by atoms with van der Waals surface area (Å²) in [4.78, 5) is 23.7. The molecular formula is C25H22BrN7O2S. The SMILES string of the molecule is Nc1ncnc2c(C(=O)Nc3cccc4c3c(Br)nn4Cc3ccc(N4CCOCC4)cc3)csc12. The van der Waals surface area contributed by atoms with E-state index in [1.807, 2.05) is 22.9 Å². The number of thiophene rings is 1. The molecule has 9 nitrogen and oxygen atoms in total. The molecule has 0 spiro atoms. The summed E-state index contributed by atoms with van der Waals surface area (Å²) < 4.78 is 8.76. The zero-order valence-corrected chi connectivity index (χ0v) is 21.6. The number of nitrogens with zero attached hydrogens (tertiary/aromatic N) is 5. The first-order valence-electron chi connectivity index (χ1n) is 11.4. The third-order valence-corrected chi connectivity index (χ3v) is 7.80. The number of nitrogens with two attached hydrogens (primary N) is 1. The molecule has 0 radical (unpaired) electrons. The summed E-state index contributed by atoms with van der Waals surface area (Å²) in [5.74, 6) is 0.110. The molecule has 2 aromatic carbocycles. The molecule has 182 valence electrons. The number of morpholine rings is 1. The van der Waals surface area contributed by atoms with Crippen molar-refractivity contribution in [2.45, 2.75) is 6.54 Å². The first-order valence-corrected chi connectivity index (χ1v) is 13.1. The van der Waals surface area contributed by atoms with Crippen LogP contribution < -0.4 is 16.0 Å². The Hall–Kier alpha value is -3.54. The predicted molar refractivity (Wildman–Crippen MR) is 146 cm³/mol. The van der Waals surface area contributed by atoms with E-state index in [-0.39, 0.29) is 5.91 Å². The Balaban J connectivity index is 1.26. The van der Waals surface area contributed by atoms with E-state index in [4.69, 9.17) is 15.6 Å². The van der Waals surface area contributed by atoms with Crippen molar-refractivity contribution >= 4 is 71.5 Å². The number of amides is 1. The maximum absolute atomic E-state index is 13.2. The van der Waals surface area contributed by atoms with Crippen LogP contribution in [-0.2, 0) is 11.3 Å². The van der Waals surface area contributed by atoms with Crippen LogP contribution in [0.4, 0.5) is 17.2 Å². The monoisotopic (exact) mass is 563 g/mol. The highest BCUT2D eigenvalue weighted by atomic mass is 79.9. The molecule has 0 saturated carbocycles. The molecule has 1 fully saturated rings. The van der Waals surface area contributed by atoms with Crippen molar-refractivity contribution in [1.29, 1.82) is 0 Å². The average molecular weight is 564 g/mol. The molecule has 36 heavy (non-hydrogen) atoms. The van der Waals surface area contributed by atoms with Crippen molar-refractivity contribution in [3.63, 3.8) is 0 Å². The number of halogens is 1. The zero-order chi connectivity index (χ0) is 24.6. The Morgan fingerprint density at radius 3 is 2.75 bits per heavy atom. The average Bonchev–Trinajstić information content (AvgIpc) is 3.48. The minimum Gasteiger partial charge on any atom is -0.382 e. The van der Waals surface area contributed by atoms with E-state index in [1.54, 1.807) is 5.38 Å². The maximum atomic E-state index is 13.2. The van der Waals surface area contributed by atoms with E-state index < -0.39 is 0 Å². The van der Waals surface area contributed by atoms with Crippen molar-refractivity contribution in [2.24, 2.45) is 0 Å². The fourth-order valence-corrected chi connectivity index (χ4v) is 5.94. The van der Waals surface area contributed by atoms with E-state index in [2.05, 4.69) is 60.4 Å². The second-order valence-electron chi connectivity index (χ2n) is 8.45. The van der Waals surface area contributed by atoms with E-state index in [0.717, 1.165) is 42.8 Å². The van der Waals surface area contributed by atoms with Crippen molar-refractivity contribution in [1.82, 2.24) is 19.7 Å². The van der Waals surface area contributed by atoms with Crippen LogP contribution in [0.15, 0.2) is 58.8 Å². The van der Waals surface area contributed by atoms with Gasteiger partial charge in [-0.25, -0.2) is 9.97 Å². The summed E-state index contributed by atoms with van der Waals surface area (Å²) in [6, 6.07) is 14.3. The lowest BCUT2D eigenvalue weighted by molar-refractivity contribution is 0.102. The molecule has 5 aromatic rings. The van der Waals surface area contributed by atoms with Gasteiger partial charge in [0.1, 0.15) is 16.7 Å². The molecular weight excluding hydrogens is 542 g/mol. The summed E-state index contributed by atoms with van der Waals surface area (Å²) in [6.45, 7) is 3.95. The summed E-state index contributed by atoms with van der Waals surface area (Å²) in [5, 5.41) is 10.3. The number of hydrogen-bond acceptors (Lipinski definition) is 8. The van der Waals surface area contributed by atoms with Gasteiger partial charge in [-0.2, -0.15) is 5.10 Å². The third-order valence-electron chi connectivity index (χ3n) is 6.25. The number of nitrogen functional groups attached to an aromatic ring is 1. The van der Waals surface area contributed by atoms with Gasteiger partial charge in [0.05, 0.1) is 52.1 Å². The molecule has 6 rings (SSSR count). The molecule has 0 atom stereocenters. The van der Waals surface area contributed by atoms with E-state index in [0.29, 0.717) is 38.4 Å². The van der Waals surface area contributed by atoms with Crippen molar-refractivity contribution in [3.8, 4) is 0 Å². The molecule has 4 heterocycles. The maximum Gasteiger partial charge on any atom is 0.258 e. The zero-order valence-electron chi connectivity index (χ0n) is 19.1. The summed E-state index contributed by atoms with van der Waals surface area (Å²) in [6.07, 6.45) is 1.37. The van der Waals surface area contributed by atoms with Gasteiger partial charge in [0.2, 0.25) is 0 Å². The lowest BCUT2D eigenvalue weighted by Gasteiger charge is -2.28. The smallest absolute Gasteiger partial charge is 0.258 e. The topological polar surface area (TPSA) is 111 Å². The van der Waals surface area contributed by atoms with Gasteiger partial charge in [0.25, 0.3) is 5.91 Å². The van der Waals surface area contributed by atoms with Crippen molar-refractivity contribution in [3.05, 3.63) is 69.9 Å². The number of aromatic nitrogens is 4. The normalized spacial score (nSPS) is 14.0. The number of nitrogens with one attached hydrogen (secondary N) is 1. The number of hydrogen-bond donors (Lipinski definition) is 2. The van der Waals surface area contributed by atoms with Crippen LogP contribution in [0, 0.1) is 0 Å². The van der Waals surface area contributed by atoms with Gasteiger partial charge in [-0.15, -0.1) is 11.3 Å². The van der Waals surface area contributed by atoms with Crippen LogP contribution in [0.5, 0.6) is 0 Å². The number of rotatable bonds is 5. The quantitative estimate of drug-likeness (QED) is 0.323. The first kappa shape index (κ1) is 22.9. The highest BCUT2D eigenvalue weighted by molar-refractivity contribution is 9.10. The van der Waals surface area contributed by atoms with Crippen LogP contribution in [0.3, 0.4) is 0 Å². The van der Waals surface area contributed by atoms with E-state index in [9.17, 15) is 4.79 Å². The highest BCUT2D eigenvalue weighted by Gasteiger charge is 2.19. The Kier molecular flexibility index (Phi) is 6.04. The Labute approximate surface area is 219 Å². The molecule has 0 bridgehead atoms. The molecule has 0 aliphatic carbocycles. The molecule has 0 unspecified atom stereocenters. The van der Waals surface area contributed by atoms with Gasteiger partial charge in [0, 0.05) is 24.2 Å². The van der Waals surface area contributed by atoms with Gasteiger partial charge in [-0.3, -0.25) is 9.48 Å². The predicted octanol–water partition coefficient (Wildman–Crippen LogP) is 4.52. The molecule has 3 aromatic heterocycles. The molecule has 1 aliphatic heterocycles. The number of anilines is 3. The number of benzene rings is 2. The lowest BCUT2D eigenvalue weighted by Crippen LogP contribution is -2.36. The summed E-state index contributed by atoms with van der Waals surface area (Å²) in [7, 11) is 0. The van der Waals surface area contributed by atoms with Crippen LogP contribution in [-0.4, -0.2) is 52.0 Å².